The maximum Gasteiger partial charge on any atom is 0.358 e. The highest BCUT2D eigenvalue weighted by molar-refractivity contribution is 7.14. The molecule has 0 bridgehead atoms. The van der Waals surface area contributed by atoms with E-state index in [-0.39, 0.29) is 11.6 Å². The minimum atomic E-state index is -0.567. The number of pyridine rings is 1. The molecule has 0 saturated carbocycles. The molecular weight excluding hydrogens is 338 g/mol. The van der Waals surface area contributed by atoms with E-state index in [4.69, 9.17) is 4.74 Å². The molecule has 0 spiro atoms. The Bertz CT molecular complexity index is 826. The summed E-state index contributed by atoms with van der Waals surface area (Å²) in [5, 5.41) is 4.47. The van der Waals surface area contributed by atoms with Crippen LogP contribution in [-0.2, 0) is 9.53 Å². The summed E-state index contributed by atoms with van der Waals surface area (Å²) in [5.41, 5.74) is 1.81. The normalized spacial score (nSPS) is 11.6. The van der Waals surface area contributed by atoms with Gasteiger partial charge < -0.3 is 10.1 Å². The van der Waals surface area contributed by atoms with Gasteiger partial charge in [-0.25, -0.2) is 9.78 Å². The number of anilines is 1. The Morgan fingerprint density at radius 2 is 1.76 bits per heavy atom. The lowest BCUT2D eigenvalue weighted by Crippen LogP contribution is -2.14. The van der Waals surface area contributed by atoms with Gasteiger partial charge in [-0.2, -0.15) is 0 Å². The van der Waals surface area contributed by atoms with Crippen LogP contribution in [-0.4, -0.2) is 21.8 Å². The first-order valence-electron chi connectivity index (χ1n) is 7.52. The summed E-state index contributed by atoms with van der Waals surface area (Å²) in [6.07, 6.45) is 2.73. The van der Waals surface area contributed by atoms with Crippen LogP contribution in [0.5, 0.6) is 0 Å². The van der Waals surface area contributed by atoms with Crippen LogP contribution in [0.3, 0.4) is 0 Å². The summed E-state index contributed by atoms with van der Waals surface area (Å²) < 4.78 is 5.69. The van der Waals surface area contributed by atoms with Crippen LogP contribution in [0.15, 0.2) is 60.2 Å². The molecule has 1 aromatic carbocycles. The Kier molecular flexibility index (Phi) is 5.15. The van der Waals surface area contributed by atoms with Gasteiger partial charge in [0.2, 0.25) is 5.91 Å². The third-order valence-electron chi connectivity index (χ3n) is 3.33. The summed E-state index contributed by atoms with van der Waals surface area (Å²) in [6, 6.07) is 13.0. The SMILES string of the molecule is CC(=O)Nc1nc(C(=O)O[C@H](c2ccccc2)c2ccncc2)cs1. The van der Waals surface area contributed by atoms with Crippen molar-refractivity contribution in [2.24, 2.45) is 0 Å². The number of ether oxygens (including phenoxy) is 1. The number of hydrogen-bond donors (Lipinski definition) is 1. The van der Waals surface area contributed by atoms with E-state index in [1.165, 1.54) is 18.3 Å². The standard InChI is InChI=1S/C18H15N3O3S/c1-12(22)20-18-21-15(11-25-18)17(23)24-16(13-5-3-2-4-6-13)14-7-9-19-10-8-14/h2-11,16H,1H3,(H,20,21,22)/t16-/m1/s1. The Hall–Kier alpha value is -3.06. The van der Waals surface area contributed by atoms with Gasteiger partial charge >= 0.3 is 5.97 Å². The molecule has 1 N–H and O–H groups in total. The van der Waals surface area contributed by atoms with Crippen LogP contribution < -0.4 is 5.32 Å². The van der Waals surface area contributed by atoms with Crippen molar-refractivity contribution in [3.05, 3.63) is 77.1 Å². The van der Waals surface area contributed by atoms with Crippen molar-refractivity contribution in [1.82, 2.24) is 9.97 Å². The van der Waals surface area contributed by atoms with Gasteiger partial charge in [-0.3, -0.25) is 9.78 Å². The Balaban J connectivity index is 1.84. The number of thiazole rings is 1. The molecule has 7 heteroatoms. The predicted molar refractivity (Wildman–Crippen MR) is 94.4 cm³/mol. The zero-order valence-electron chi connectivity index (χ0n) is 13.4. The Morgan fingerprint density at radius 1 is 1.08 bits per heavy atom. The molecule has 0 aliphatic rings. The zero-order valence-corrected chi connectivity index (χ0v) is 14.2. The molecule has 0 radical (unpaired) electrons. The molecule has 0 unspecified atom stereocenters. The highest BCUT2D eigenvalue weighted by Gasteiger charge is 2.22. The number of carbonyl (C=O) groups excluding carboxylic acids is 2. The second-order valence-corrected chi connectivity index (χ2v) is 6.05. The quantitative estimate of drug-likeness (QED) is 0.711. The number of rotatable bonds is 5. The van der Waals surface area contributed by atoms with Crippen LogP contribution in [0, 0.1) is 0 Å². The molecule has 6 nitrogen and oxygen atoms in total. The molecule has 0 aliphatic carbocycles. The number of hydrogen-bond acceptors (Lipinski definition) is 6. The lowest BCUT2D eigenvalue weighted by atomic mass is 10.0. The van der Waals surface area contributed by atoms with Crippen LogP contribution >= 0.6 is 11.3 Å². The van der Waals surface area contributed by atoms with E-state index in [1.807, 2.05) is 30.3 Å². The monoisotopic (exact) mass is 353 g/mol. The Morgan fingerprint density at radius 3 is 2.44 bits per heavy atom. The van der Waals surface area contributed by atoms with Gasteiger partial charge in [-0.05, 0) is 17.7 Å². The molecule has 1 amide bonds. The number of benzene rings is 1. The molecular formula is C18H15N3O3S. The fraction of sp³-hybridized carbons (Fsp3) is 0.111. The molecule has 126 valence electrons. The van der Waals surface area contributed by atoms with Crippen LogP contribution in [0.4, 0.5) is 5.13 Å². The van der Waals surface area contributed by atoms with Crippen molar-refractivity contribution in [3.63, 3.8) is 0 Å². The van der Waals surface area contributed by atoms with Crippen LogP contribution in [0.25, 0.3) is 0 Å². The van der Waals surface area contributed by atoms with Gasteiger partial charge in [0.25, 0.3) is 0 Å². The second kappa shape index (κ2) is 7.67. The fourth-order valence-corrected chi connectivity index (χ4v) is 2.96. The summed E-state index contributed by atoms with van der Waals surface area (Å²) in [7, 11) is 0. The lowest BCUT2D eigenvalue weighted by molar-refractivity contribution is -0.114. The highest BCUT2D eigenvalue weighted by atomic mass is 32.1. The van der Waals surface area contributed by atoms with Crippen molar-refractivity contribution in [3.8, 4) is 0 Å². The molecule has 0 aliphatic heterocycles. The van der Waals surface area contributed by atoms with E-state index in [2.05, 4.69) is 15.3 Å². The Labute approximate surface area is 148 Å². The third-order valence-corrected chi connectivity index (χ3v) is 4.09. The van der Waals surface area contributed by atoms with Gasteiger partial charge in [-0.1, -0.05) is 30.3 Å². The molecule has 3 rings (SSSR count). The number of amides is 1. The van der Waals surface area contributed by atoms with Crippen molar-refractivity contribution in [2.75, 3.05) is 5.32 Å². The van der Waals surface area contributed by atoms with E-state index in [0.717, 1.165) is 11.1 Å². The molecule has 0 saturated heterocycles. The number of carbonyl (C=O) groups is 2. The number of nitrogens with one attached hydrogen (secondary N) is 1. The average molecular weight is 353 g/mol. The van der Waals surface area contributed by atoms with E-state index < -0.39 is 12.1 Å². The molecule has 0 fully saturated rings. The first kappa shape index (κ1) is 16.8. The predicted octanol–water partition coefficient (Wildman–Crippen LogP) is 3.44. The van der Waals surface area contributed by atoms with Gasteiger partial charge in [0, 0.05) is 30.3 Å². The van der Waals surface area contributed by atoms with E-state index in [1.54, 1.807) is 29.9 Å². The molecule has 2 heterocycles. The summed E-state index contributed by atoms with van der Waals surface area (Å²) in [5.74, 6) is -0.799. The topological polar surface area (TPSA) is 81.2 Å². The van der Waals surface area contributed by atoms with Gasteiger partial charge in [0.15, 0.2) is 16.9 Å². The highest BCUT2D eigenvalue weighted by Crippen LogP contribution is 2.27. The minimum Gasteiger partial charge on any atom is -0.448 e. The maximum atomic E-state index is 12.5. The lowest BCUT2D eigenvalue weighted by Gasteiger charge is -2.18. The smallest absolute Gasteiger partial charge is 0.358 e. The summed E-state index contributed by atoms with van der Waals surface area (Å²) in [6.45, 7) is 1.38. The van der Waals surface area contributed by atoms with Crippen molar-refractivity contribution in [1.29, 1.82) is 0 Å². The summed E-state index contributed by atoms with van der Waals surface area (Å²) >= 11 is 1.17. The van der Waals surface area contributed by atoms with E-state index >= 15 is 0 Å². The summed E-state index contributed by atoms with van der Waals surface area (Å²) in [4.78, 5) is 31.7. The van der Waals surface area contributed by atoms with Crippen molar-refractivity contribution < 1.29 is 14.3 Å². The fourth-order valence-electron chi connectivity index (χ4n) is 2.24. The van der Waals surface area contributed by atoms with Crippen molar-refractivity contribution in [2.45, 2.75) is 13.0 Å². The third kappa shape index (κ3) is 4.27. The number of aromatic nitrogens is 2. The molecule has 25 heavy (non-hydrogen) atoms. The van der Waals surface area contributed by atoms with Crippen molar-refractivity contribution >= 4 is 28.3 Å². The first-order chi connectivity index (χ1) is 12.1. The molecule has 2 aromatic heterocycles. The maximum absolute atomic E-state index is 12.5. The number of esters is 1. The van der Waals surface area contributed by atoms with Gasteiger partial charge in [-0.15, -0.1) is 11.3 Å². The van der Waals surface area contributed by atoms with Gasteiger partial charge in [0.1, 0.15) is 0 Å². The first-order valence-corrected chi connectivity index (χ1v) is 8.40. The number of nitrogens with zero attached hydrogens (tertiary/aromatic N) is 2. The van der Waals surface area contributed by atoms with E-state index in [9.17, 15) is 9.59 Å². The average Bonchev–Trinajstić information content (AvgIpc) is 3.09. The molecule has 1 atom stereocenters. The van der Waals surface area contributed by atoms with E-state index in [0.29, 0.717) is 5.13 Å². The minimum absolute atomic E-state index is 0.156. The van der Waals surface area contributed by atoms with Gasteiger partial charge in [0.05, 0.1) is 0 Å². The largest absolute Gasteiger partial charge is 0.448 e. The van der Waals surface area contributed by atoms with Crippen LogP contribution in [0.1, 0.15) is 34.6 Å². The zero-order chi connectivity index (χ0) is 17.6. The molecule has 3 aromatic rings. The van der Waals surface area contributed by atoms with Crippen LogP contribution in [0.2, 0.25) is 0 Å². The second-order valence-electron chi connectivity index (χ2n) is 5.20.